The fraction of sp³-hybridized carbons (Fsp3) is 0.250. The summed E-state index contributed by atoms with van der Waals surface area (Å²) in [7, 11) is 1.96. The average Bonchev–Trinajstić information content (AvgIpc) is 3.00. The number of aryl methyl sites for hydroxylation is 3. The van der Waals surface area contributed by atoms with Gasteiger partial charge in [0.05, 0.1) is 21.0 Å². The molecule has 114 valence electrons. The van der Waals surface area contributed by atoms with E-state index in [0.29, 0.717) is 10.8 Å². The van der Waals surface area contributed by atoms with Crippen molar-refractivity contribution in [3.05, 3.63) is 49.4 Å². The monoisotopic (exact) mass is 350 g/mol. The van der Waals surface area contributed by atoms with Gasteiger partial charge in [-0.15, -0.1) is 11.3 Å². The molecule has 1 amide bonds. The summed E-state index contributed by atoms with van der Waals surface area (Å²) in [5.41, 5.74) is 3.55. The quantitative estimate of drug-likeness (QED) is 0.680. The molecule has 0 radical (unpaired) electrons. The number of carbonyl (C=O) groups is 1. The van der Waals surface area contributed by atoms with Crippen LogP contribution in [0.5, 0.6) is 0 Å². The van der Waals surface area contributed by atoms with Crippen LogP contribution >= 0.6 is 34.3 Å². The number of aromatic nitrogens is 1. The van der Waals surface area contributed by atoms with Gasteiger partial charge in [-0.05, 0) is 37.1 Å². The molecule has 2 heterocycles. The van der Waals surface area contributed by atoms with Gasteiger partial charge < -0.3 is 4.57 Å². The Bertz CT molecular complexity index is 933. The highest BCUT2D eigenvalue weighted by atomic mass is 35.5. The normalized spacial score (nSPS) is 12.3. The van der Waals surface area contributed by atoms with E-state index in [9.17, 15) is 4.79 Å². The number of hydrogen-bond donors (Lipinski definition) is 0. The lowest BCUT2D eigenvalue weighted by Gasteiger charge is -2.01. The maximum atomic E-state index is 12.2. The number of amides is 1. The molecule has 0 aliphatic rings. The zero-order chi connectivity index (χ0) is 15.9. The maximum Gasteiger partial charge on any atom is 0.253 e. The van der Waals surface area contributed by atoms with Gasteiger partial charge in [0.1, 0.15) is 0 Å². The molecule has 0 saturated carbocycles. The summed E-state index contributed by atoms with van der Waals surface area (Å²) in [5.74, 6) is -0.143. The molecular formula is C16H15ClN2OS2. The lowest BCUT2D eigenvalue weighted by Crippen LogP contribution is -2.14. The van der Waals surface area contributed by atoms with Crippen LogP contribution in [0.2, 0.25) is 4.34 Å². The molecule has 0 unspecified atom stereocenters. The summed E-state index contributed by atoms with van der Waals surface area (Å²) in [6.45, 7) is 4.16. The summed E-state index contributed by atoms with van der Waals surface area (Å²) in [5, 5.41) is 0. The van der Waals surface area contributed by atoms with Crippen LogP contribution in [-0.2, 0) is 18.3 Å². The van der Waals surface area contributed by atoms with E-state index in [1.165, 1.54) is 27.2 Å². The Labute approximate surface area is 141 Å². The number of nitrogens with zero attached hydrogens (tertiary/aromatic N) is 2. The Morgan fingerprint density at radius 2 is 1.91 bits per heavy atom. The SMILES string of the molecule is Cc1ccc(C)c2c1sc(=NC(=O)Cc1ccc(Cl)s1)n2C. The second-order valence-electron chi connectivity index (χ2n) is 5.21. The van der Waals surface area contributed by atoms with Crippen LogP contribution in [0.3, 0.4) is 0 Å². The Morgan fingerprint density at radius 1 is 1.18 bits per heavy atom. The third kappa shape index (κ3) is 2.89. The van der Waals surface area contributed by atoms with Crippen LogP contribution in [0.4, 0.5) is 0 Å². The van der Waals surface area contributed by atoms with E-state index in [2.05, 4.69) is 31.0 Å². The van der Waals surface area contributed by atoms with E-state index in [1.807, 2.05) is 17.7 Å². The number of hydrogen-bond acceptors (Lipinski definition) is 3. The van der Waals surface area contributed by atoms with Gasteiger partial charge in [-0.1, -0.05) is 35.1 Å². The molecule has 0 fully saturated rings. The zero-order valence-corrected chi connectivity index (χ0v) is 14.9. The molecule has 3 nitrogen and oxygen atoms in total. The standard InChI is InChI=1S/C16H15ClN2OS2/c1-9-4-5-10(2)15-14(9)19(3)16(22-15)18-13(20)8-11-6-7-12(17)21-11/h4-7H,8H2,1-3H3. The van der Waals surface area contributed by atoms with E-state index >= 15 is 0 Å². The number of halogens is 1. The van der Waals surface area contributed by atoms with Crippen molar-refractivity contribution in [1.29, 1.82) is 0 Å². The van der Waals surface area contributed by atoms with Crippen LogP contribution < -0.4 is 4.80 Å². The first kappa shape index (κ1) is 15.5. The predicted octanol–water partition coefficient (Wildman–Crippen LogP) is 4.24. The number of thiazole rings is 1. The minimum atomic E-state index is -0.143. The van der Waals surface area contributed by atoms with Crippen molar-refractivity contribution in [3.63, 3.8) is 0 Å². The van der Waals surface area contributed by atoms with Crippen LogP contribution in [0.25, 0.3) is 10.2 Å². The molecule has 0 saturated heterocycles. The zero-order valence-electron chi connectivity index (χ0n) is 12.5. The molecule has 3 rings (SSSR count). The number of fused-ring (bicyclic) bond motifs is 1. The first-order valence-corrected chi connectivity index (χ1v) is 8.84. The highest BCUT2D eigenvalue weighted by molar-refractivity contribution is 7.16. The van der Waals surface area contributed by atoms with E-state index in [-0.39, 0.29) is 5.91 Å². The van der Waals surface area contributed by atoms with Gasteiger partial charge in [0.15, 0.2) is 4.80 Å². The second-order valence-corrected chi connectivity index (χ2v) is 7.99. The van der Waals surface area contributed by atoms with Crippen molar-refractivity contribution in [2.24, 2.45) is 12.0 Å². The summed E-state index contributed by atoms with van der Waals surface area (Å²) in [6, 6.07) is 7.89. The van der Waals surface area contributed by atoms with Gasteiger partial charge in [0.25, 0.3) is 5.91 Å². The molecule has 2 aromatic heterocycles. The summed E-state index contributed by atoms with van der Waals surface area (Å²) < 4.78 is 3.89. The fourth-order valence-corrected chi connectivity index (χ4v) is 4.67. The Kier molecular flexibility index (Phi) is 4.21. The average molecular weight is 351 g/mol. The molecule has 22 heavy (non-hydrogen) atoms. The first-order chi connectivity index (χ1) is 10.5. The minimum absolute atomic E-state index is 0.143. The molecule has 0 spiro atoms. The van der Waals surface area contributed by atoms with E-state index < -0.39 is 0 Å². The lowest BCUT2D eigenvalue weighted by atomic mass is 10.1. The van der Waals surface area contributed by atoms with Gasteiger partial charge in [-0.3, -0.25) is 4.79 Å². The van der Waals surface area contributed by atoms with E-state index in [0.717, 1.165) is 15.2 Å². The molecule has 0 N–H and O–H groups in total. The van der Waals surface area contributed by atoms with Crippen LogP contribution in [0, 0.1) is 13.8 Å². The number of carbonyl (C=O) groups excluding carboxylic acids is 1. The van der Waals surface area contributed by atoms with Crippen molar-refractivity contribution < 1.29 is 4.79 Å². The van der Waals surface area contributed by atoms with Crippen molar-refractivity contribution in [2.45, 2.75) is 20.3 Å². The summed E-state index contributed by atoms with van der Waals surface area (Å²) in [6.07, 6.45) is 0.295. The van der Waals surface area contributed by atoms with Gasteiger partial charge in [-0.2, -0.15) is 4.99 Å². The highest BCUT2D eigenvalue weighted by Gasteiger charge is 2.10. The largest absolute Gasteiger partial charge is 0.319 e. The van der Waals surface area contributed by atoms with Crippen molar-refractivity contribution in [2.75, 3.05) is 0 Å². The second kappa shape index (κ2) is 5.99. The van der Waals surface area contributed by atoms with Crippen molar-refractivity contribution in [1.82, 2.24) is 4.57 Å². The minimum Gasteiger partial charge on any atom is -0.319 e. The van der Waals surface area contributed by atoms with E-state index in [1.54, 1.807) is 17.4 Å². The molecule has 0 atom stereocenters. The number of thiophene rings is 1. The Hall–Kier alpha value is -1.43. The molecular weight excluding hydrogens is 336 g/mol. The van der Waals surface area contributed by atoms with Crippen LogP contribution in [0.15, 0.2) is 29.3 Å². The van der Waals surface area contributed by atoms with Gasteiger partial charge in [0, 0.05) is 11.9 Å². The molecule has 6 heteroatoms. The third-order valence-corrected chi connectivity index (χ3v) is 6.02. The number of rotatable bonds is 2. The van der Waals surface area contributed by atoms with Crippen molar-refractivity contribution >= 4 is 50.4 Å². The fourth-order valence-electron chi connectivity index (χ4n) is 2.41. The lowest BCUT2D eigenvalue weighted by molar-refractivity contribution is -0.117. The van der Waals surface area contributed by atoms with Gasteiger partial charge in [-0.25, -0.2) is 0 Å². The molecule has 3 aromatic rings. The first-order valence-electron chi connectivity index (χ1n) is 6.83. The summed E-state index contributed by atoms with van der Waals surface area (Å²) in [4.78, 5) is 18.1. The Balaban J connectivity index is 2.02. The van der Waals surface area contributed by atoms with Gasteiger partial charge in [0.2, 0.25) is 0 Å². The topological polar surface area (TPSA) is 34.4 Å². The molecule has 0 aliphatic heterocycles. The van der Waals surface area contributed by atoms with Crippen LogP contribution in [-0.4, -0.2) is 10.5 Å². The molecule has 1 aromatic carbocycles. The molecule has 0 bridgehead atoms. The maximum absolute atomic E-state index is 12.2. The smallest absolute Gasteiger partial charge is 0.253 e. The van der Waals surface area contributed by atoms with Crippen LogP contribution in [0.1, 0.15) is 16.0 Å². The van der Waals surface area contributed by atoms with Crippen molar-refractivity contribution in [3.8, 4) is 0 Å². The summed E-state index contributed by atoms with van der Waals surface area (Å²) >= 11 is 8.88. The van der Waals surface area contributed by atoms with E-state index in [4.69, 9.17) is 11.6 Å². The highest BCUT2D eigenvalue weighted by Crippen LogP contribution is 2.24. The third-order valence-electron chi connectivity index (χ3n) is 3.52. The predicted molar refractivity (Wildman–Crippen MR) is 93.9 cm³/mol. The number of benzene rings is 1. The van der Waals surface area contributed by atoms with Gasteiger partial charge >= 0.3 is 0 Å². The Morgan fingerprint density at radius 3 is 2.55 bits per heavy atom. The molecule has 0 aliphatic carbocycles.